The molecule has 0 aliphatic rings. The minimum absolute atomic E-state index is 0.399. The van der Waals surface area contributed by atoms with Crippen molar-refractivity contribution >= 4 is 0 Å². The molecule has 1 atom stereocenters. The van der Waals surface area contributed by atoms with E-state index in [1.807, 2.05) is 19.6 Å². The third kappa shape index (κ3) is 3.93. The van der Waals surface area contributed by atoms with Crippen LogP contribution in [0.1, 0.15) is 37.6 Å². The van der Waals surface area contributed by atoms with Crippen molar-refractivity contribution in [3.63, 3.8) is 0 Å². The van der Waals surface area contributed by atoms with Crippen molar-refractivity contribution in [1.29, 1.82) is 0 Å². The number of nitrogens with zero attached hydrogens (tertiary/aromatic N) is 2. The van der Waals surface area contributed by atoms with Crippen molar-refractivity contribution in [3.05, 3.63) is 54.1 Å². The smallest absolute Gasteiger partial charge is 0.0945 e. The molecule has 0 radical (unpaired) electrons. The number of hydrogen-bond acceptors (Lipinski definition) is 2. The summed E-state index contributed by atoms with van der Waals surface area (Å²) in [4.78, 5) is 4.16. The van der Waals surface area contributed by atoms with E-state index in [4.69, 9.17) is 0 Å². The van der Waals surface area contributed by atoms with Crippen LogP contribution in [0.5, 0.6) is 0 Å². The average Bonchev–Trinajstić information content (AvgIpc) is 2.81. The van der Waals surface area contributed by atoms with Crippen LogP contribution in [0.3, 0.4) is 0 Å². The summed E-state index contributed by atoms with van der Waals surface area (Å²) in [6, 6.07) is 11.1. The molecular formula is C16H23N3. The molecule has 0 aliphatic carbocycles. The Morgan fingerprint density at radius 2 is 1.95 bits per heavy atom. The summed E-state index contributed by atoms with van der Waals surface area (Å²) in [5.41, 5.74) is 2.57. The molecule has 2 aromatic rings. The van der Waals surface area contributed by atoms with Gasteiger partial charge < -0.3 is 9.88 Å². The van der Waals surface area contributed by atoms with E-state index in [9.17, 15) is 0 Å². The van der Waals surface area contributed by atoms with Gasteiger partial charge in [-0.1, -0.05) is 44.2 Å². The van der Waals surface area contributed by atoms with Gasteiger partial charge in [-0.3, -0.25) is 0 Å². The molecule has 1 aromatic carbocycles. The second-order valence-corrected chi connectivity index (χ2v) is 5.47. The van der Waals surface area contributed by atoms with E-state index in [0.29, 0.717) is 12.0 Å². The highest BCUT2D eigenvalue weighted by atomic mass is 15.0. The predicted octanol–water partition coefficient (Wildman–Crippen LogP) is 3.30. The van der Waals surface area contributed by atoms with Crippen molar-refractivity contribution in [1.82, 2.24) is 14.9 Å². The SMILES string of the molecule is CC(C)CC(NCc1cncn1C)c1ccccc1. The molecule has 102 valence electrons. The van der Waals surface area contributed by atoms with E-state index < -0.39 is 0 Å². The second kappa shape index (κ2) is 6.53. The number of benzene rings is 1. The Bertz CT molecular complexity index is 488. The Morgan fingerprint density at radius 3 is 2.53 bits per heavy atom. The Morgan fingerprint density at radius 1 is 1.21 bits per heavy atom. The molecule has 1 aromatic heterocycles. The fourth-order valence-electron chi connectivity index (χ4n) is 2.28. The van der Waals surface area contributed by atoms with Gasteiger partial charge in [0.25, 0.3) is 0 Å². The molecule has 2 rings (SSSR count). The van der Waals surface area contributed by atoms with E-state index in [1.54, 1.807) is 0 Å². The first-order valence-electron chi connectivity index (χ1n) is 6.90. The summed E-state index contributed by atoms with van der Waals surface area (Å²) < 4.78 is 2.06. The average molecular weight is 257 g/mol. The standard InChI is InChI=1S/C16H23N3/c1-13(2)9-16(14-7-5-4-6-8-14)18-11-15-10-17-12-19(15)3/h4-8,10,12-13,16,18H,9,11H2,1-3H3. The first kappa shape index (κ1) is 13.8. The molecule has 0 bridgehead atoms. The predicted molar refractivity (Wildman–Crippen MR) is 78.7 cm³/mol. The topological polar surface area (TPSA) is 29.9 Å². The summed E-state index contributed by atoms with van der Waals surface area (Å²) in [5.74, 6) is 0.671. The summed E-state index contributed by atoms with van der Waals surface area (Å²) in [6.07, 6.45) is 4.91. The fourth-order valence-corrected chi connectivity index (χ4v) is 2.28. The quantitative estimate of drug-likeness (QED) is 0.860. The van der Waals surface area contributed by atoms with Crippen molar-refractivity contribution in [2.75, 3.05) is 0 Å². The minimum Gasteiger partial charge on any atom is -0.337 e. The first-order chi connectivity index (χ1) is 9.16. The lowest BCUT2D eigenvalue weighted by Crippen LogP contribution is -2.23. The maximum atomic E-state index is 4.16. The van der Waals surface area contributed by atoms with Gasteiger partial charge >= 0.3 is 0 Å². The van der Waals surface area contributed by atoms with E-state index in [0.717, 1.165) is 13.0 Å². The Hall–Kier alpha value is -1.61. The van der Waals surface area contributed by atoms with Gasteiger partial charge in [-0.25, -0.2) is 4.98 Å². The molecule has 1 heterocycles. The zero-order valence-electron chi connectivity index (χ0n) is 12.0. The maximum Gasteiger partial charge on any atom is 0.0945 e. The monoisotopic (exact) mass is 257 g/mol. The largest absolute Gasteiger partial charge is 0.337 e. The number of nitrogens with one attached hydrogen (secondary N) is 1. The van der Waals surface area contributed by atoms with Crippen LogP contribution < -0.4 is 5.32 Å². The van der Waals surface area contributed by atoms with Crippen LogP contribution >= 0.6 is 0 Å². The third-order valence-corrected chi connectivity index (χ3v) is 3.36. The molecule has 0 saturated carbocycles. The van der Waals surface area contributed by atoms with Crippen LogP contribution in [-0.4, -0.2) is 9.55 Å². The lowest BCUT2D eigenvalue weighted by atomic mass is 9.97. The molecule has 0 aliphatic heterocycles. The van der Waals surface area contributed by atoms with Crippen molar-refractivity contribution in [3.8, 4) is 0 Å². The molecule has 1 unspecified atom stereocenters. The number of rotatable bonds is 6. The molecular weight excluding hydrogens is 234 g/mol. The number of hydrogen-bond donors (Lipinski definition) is 1. The van der Waals surface area contributed by atoms with Crippen molar-refractivity contribution in [2.24, 2.45) is 13.0 Å². The normalized spacial score (nSPS) is 12.8. The first-order valence-corrected chi connectivity index (χ1v) is 6.90. The van der Waals surface area contributed by atoms with Gasteiger partial charge in [-0.15, -0.1) is 0 Å². The molecule has 3 heteroatoms. The van der Waals surface area contributed by atoms with E-state index >= 15 is 0 Å². The molecule has 0 amide bonds. The van der Waals surface area contributed by atoms with Gasteiger partial charge in [0.15, 0.2) is 0 Å². The highest BCUT2D eigenvalue weighted by molar-refractivity contribution is 5.19. The van der Waals surface area contributed by atoms with E-state index in [2.05, 4.69) is 59.0 Å². The molecule has 19 heavy (non-hydrogen) atoms. The summed E-state index contributed by atoms with van der Waals surface area (Å²) in [5, 5.41) is 3.65. The second-order valence-electron chi connectivity index (χ2n) is 5.47. The lowest BCUT2D eigenvalue weighted by molar-refractivity contribution is 0.424. The van der Waals surface area contributed by atoms with E-state index in [-0.39, 0.29) is 0 Å². The fraction of sp³-hybridized carbons (Fsp3) is 0.438. The lowest BCUT2D eigenvalue weighted by Gasteiger charge is -2.21. The summed E-state index contributed by atoms with van der Waals surface area (Å²) >= 11 is 0. The Balaban J connectivity index is 2.04. The molecule has 0 saturated heterocycles. The minimum atomic E-state index is 0.399. The van der Waals surface area contributed by atoms with E-state index in [1.165, 1.54) is 11.3 Å². The van der Waals surface area contributed by atoms with Gasteiger partial charge in [0.1, 0.15) is 0 Å². The highest BCUT2D eigenvalue weighted by Gasteiger charge is 2.13. The Kier molecular flexibility index (Phi) is 4.74. The zero-order valence-corrected chi connectivity index (χ0v) is 12.0. The van der Waals surface area contributed by atoms with Crippen LogP contribution in [0.4, 0.5) is 0 Å². The van der Waals surface area contributed by atoms with Gasteiger partial charge in [0, 0.05) is 25.8 Å². The highest BCUT2D eigenvalue weighted by Crippen LogP contribution is 2.21. The third-order valence-electron chi connectivity index (χ3n) is 3.36. The van der Waals surface area contributed by atoms with Crippen LogP contribution in [0.15, 0.2) is 42.9 Å². The molecule has 0 fully saturated rings. The van der Waals surface area contributed by atoms with Gasteiger partial charge in [0.05, 0.1) is 12.0 Å². The summed E-state index contributed by atoms with van der Waals surface area (Å²) in [7, 11) is 2.03. The molecule has 1 N–H and O–H groups in total. The van der Waals surface area contributed by atoms with Crippen LogP contribution in [0, 0.1) is 5.92 Å². The zero-order chi connectivity index (χ0) is 13.7. The van der Waals surface area contributed by atoms with Gasteiger partial charge in [0.2, 0.25) is 0 Å². The number of aromatic nitrogens is 2. The van der Waals surface area contributed by atoms with Crippen LogP contribution in [-0.2, 0) is 13.6 Å². The molecule has 3 nitrogen and oxygen atoms in total. The maximum absolute atomic E-state index is 4.16. The van der Waals surface area contributed by atoms with Crippen LogP contribution in [0.2, 0.25) is 0 Å². The van der Waals surface area contributed by atoms with Crippen molar-refractivity contribution in [2.45, 2.75) is 32.9 Å². The Labute approximate surface area is 115 Å². The number of imidazole rings is 1. The number of aryl methyl sites for hydroxylation is 1. The van der Waals surface area contributed by atoms with Crippen molar-refractivity contribution < 1.29 is 0 Å². The van der Waals surface area contributed by atoms with Gasteiger partial charge in [-0.05, 0) is 17.9 Å². The summed E-state index contributed by atoms with van der Waals surface area (Å²) in [6.45, 7) is 5.38. The van der Waals surface area contributed by atoms with Crippen LogP contribution in [0.25, 0.3) is 0 Å². The van der Waals surface area contributed by atoms with Gasteiger partial charge in [-0.2, -0.15) is 0 Å². The molecule has 0 spiro atoms.